The highest BCUT2D eigenvalue weighted by atomic mass is 32.1. The number of fused-ring (bicyclic) bond motifs is 1. The Morgan fingerprint density at radius 2 is 1.92 bits per heavy atom. The van der Waals surface area contributed by atoms with Crippen molar-refractivity contribution in [2.45, 2.75) is 24.8 Å². The smallest absolute Gasteiger partial charge is 0.254 e. The molecule has 2 aliphatic rings. The molecule has 0 aromatic carbocycles. The Bertz CT molecular complexity index is 230. The summed E-state index contributed by atoms with van der Waals surface area (Å²) in [7, 11) is 1.72. The zero-order valence-electron chi connectivity index (χ0n) is 7.31. The monoisotopic (exact) mass is 206 g/mol. The zero-order valence-corrected chi connectivity index (χ0v) is 8.13. The van der Waals surface area contributed by atoms with Gasteiger partial charge in [-0.2, -0.15) is 0 Å². The van der Waals surface area contributed by atoms with Crippen LogP contribution >= 0.6 is 12.2 Å². The van der Waals surface area contributed by atoms with E-state index in [0.717, 1.165) is 0 Å². The van der Waals surface area contributed by atoms with Crippen LogP contribution in [0.1, 0.15) is 12.8 Å². The average molecular weight is 206 g/mol. The first kappa shape index (κ1) is 9.12. The fourth-order valence-corrected chi connectivity index (χ4v) is 2.35. The third-order valence-electron chi connectivity index (χ3n) is 3.00. The van der Waals surface area contributed by atoms with Crippen LogP contribution in [0.15, 0.2) is 0 Å². The van der Waals surface area contributed by atoms with Gasteiger partial charge < -0.3 is 10.6 Å². The maximum absolute atomic E-state index is 12.8. The van der Waals surface area contributed by atoms with Crippen molar-refractivity contribution in [2.24, 2.45) is 11.8 Å². The molecule has 0 amide bonds. The molecule has 0 aromatic rings. The molecule has 0 radical (unpaired) electrons. The van der Waals surface area contributed by atoms with Gasteiger partial charge in [0.25, 0.3) is 5.92 Å². The van der Waals surface area contributed by atoms with Crippen molar-refractivity contribution in [2.75, 3.05) is 7.05 Å². The first-order valence-corrected chi connectivity index (χ1v) is 4.82. The first-order chi connectivity index (χ1) is 6.05. The lowest BCUT2D eigenvalue weighted by atomic mass is 10.1. The van der Waals surface area contributed by atoms with Crippen molar-refractivity contribution in [1.29, 1.82) is 0 Å². The Morgan fingerprint density at radius 3 is 2.38 bits per heavy atom. The van der Waals surface area contributed by atoms with E-state index in [1.165, 1.54) is 0 Å². The number of thiocarbonyl (C=S) groups is 1. The van der Waals surface area contributed by atoms with E-state index in [-0.39, 0.29) is 17.9 Å². The maximum atomic E-state index is 12.8. The number of nitrogens with one attached hydrogen (secondary N) is 2. The molecule has 2 aliphatic carbocycles. The summed E-state index contributed by atoms with van der Waals surface area (Å²) in [6, 6.07) is 0.148. The Labute approximate surface area is 81.1 Å². The minimum absolute atomic E-state index is 0.148. The van der Waals surface area contributed by atoms with Gasteiger partial charge in [-0.3, -0.25) is 0 Å². The summed E-state index contributed by atoms with van der Waals surface area (Å²) in [6.45, 7) is 0. The number of alkyl halides is 2. The van der Waals surface area contributed by atoms with Crippen LogP contribution in [0, 0.1) is 11.8 Å². The number of rotatable bonds is 1. The summed E-state index contributed by atoms with van der Waals surface area (Å²) in [6.07, 6.45) is 1.11. The minimum Gasteiger partial charge on any atom is -0.366 e. The Hall–Kier alpha value is -0.450. The quantitative estimate of drug-likeness (QED) is 0.629. The normalized spacial score (nSPS) is 39.5. The second-order valence-electron chi connectivity index (χ2n) is 3.78. The van der Waals surface area contributed by atoms with Crippen molar-refractivity contribution in [3.05, 3.63) is 0 Å². The molecule has 2 unspecified atom stereocenters. The van der Waals surface area contributed by atoms with Crippen molar-refractivity contribution in [3.63, 3.8) is 0 Å². The van der Waals surface area contributed by atoms with Gasteiger partial charge in [0.2, 0.25) is 0 Å². The first-order valence-electron chi connectivity index (χ1n) is 4.41. The molecule has 0 aliphatic heterocycles. The van der Waals surface area contributed by atoms with Gasteiger partial charge in [-0.15, -0.1) is 0 Å². The lowest BCUT2D eigenvalue weighted by Gasteiger charge is -2.17. The van der Waals surface area contributed by atoms with Gasteiger partial charge in [0.1, 0.15) is 0 Å². The van der Waals surface area contributed by atoms with E-state index < -0.39 is 5.92 Å². The molecule has 2 nitrogen and oxygen atoms in total. The summed E-state index contributed by atoms with van der Waals surface area (Å²) in [5.74, 6) is -3.14. The minimum atomic E-state index is -2.38. The predicted octanol–water partition coefficient (Wildman–Crippen LogP) is 1.12. The van der Waals surface area contributed by atoms with Crippen molar-refractivity contribution in [1.82, 2.24) is 10.6 Å². The molecule has 2 rings (SSSR count). The van der Waals surface area contributed by atoms with Crippen LogP contribution in [0.3, 0.4) is 0 Å². The Kier molecular flexibility index (Phi) is 1.94. The van der Waals surface area contributed by atoms with Crippen molar-refractivity contribution in [3.8, 4) is 0 Å². The van der Waals surface area contributed by atoms with Crippen LogP contribution in [0.5, 0.6) is 0 Å². The summed E-state index contributed by atoms with van der Waals surface area (Å²) in [5.41, 5.74) is 0. The van der Waals surface area contributed by atoms with Crippen LogP contribution in [0.2, 0.25) is 0 Å². The van der Waals surface area contributed by atoms with Crippen LogP contribution in [0.4, 0.5) is 8.78 Å². The molecule has 5 heteroatoms. The molecule has 0 heterocycles. The SMILES string of the molecule is CNC(=S)NC1CC2C(C1)C2(F)F. The number of hydrogen-bond donors (Lipinski definition) is 2. The molecular formula is C8H12F2N2S. The largest absolute Gasteiger partial charge is 0.366 e. The van der Waals surface area contributed by atoms with E-state index in [1.54, 1.807) is 7.05 Å². The van der Waals surface area contributed by atoms with E-state index in [0.29, 0.717) is 18.0 Å². The van der Waals surface area contributed by atoms with E-state index >= 15 is 0 Å². The summed E-state index contributed by atoms with van der Waals surface area (Å²) < 4.78 is 25.5. The summed E-state index contributed by atoms with van der Waals surface area (Å²) >= 11 is 4.89. The average Bonchev–Trinajstić information content (AvgIpc) is 2.54. The van der Waals surface area contributed by atoms with Gasteiger partial charge in [0, 0.05) is 24.9 Å². The molecule has 74 valence electrons. The Balaban J connectivity index is 1.81. The molecule has 0 saturated heterocycles. The topological polar surface area (TPSA) is 24.1 Å². The molecule has 13 heavy (non-hydrogen) atoms. The van der Waals surface area contributed by atoms with E-state index in [4.69, 9.17) is 12.2 Å². The van der Waals surface area contributed by atoms with Crippen LogP contribution in [0.25, 0.3) is 0 Å². The van der Waals surface area contributed by atoms with Gasteiger partial charge in [-0.1, -0.05) is 0 Å². The van der Waals surface area contributed by atoms with Gasteiger partial charge >= 0.3 is 0 Å². The number of hydrogen-bond acceptors (Lipinski definition) is 1. The van der Waals surface area contributed by atoms with Gasteiger partial charge in [0.05, 0.1) is 0 Å². The molecular weight excluding hydrogens is 194 g/mol. The maximum Gasteiger partial charge on any atom is 0.254 e. The van der Waals surface area contributed by atoms with Gasteiger partial charge in [-0.05, 0) is 25.1 Å². The van der Waals surface area contributed by atoms with Crippen LogP contribution in [-0.4, -0.2) is 24.1 Å². The molecule has 2 N–H and O–H groups in total. The van der Waals surface area contributed by atoms with Crippen molar-refractivity contribution >= 4 is 17.3 Å². The van der Waals surface area contributed by atoms with Crippen LogP contribution < -0.4 is 10.6 Å². The lowest BCUT2D eigenvalue weighted by molar-refractivity contribution is 0.0687. The third-order valence-corrected chi connectivity index (χ3v) is 3.33. The lowest BCUT2D eigenvalue weighted by Crippen LogP contribution is -2.40. The Morgan fingerprint density at radius 1 is 1.38 bits per heavy atom. The highest BCUT2D eigenvalue weighted by molar-refractivity contribution is 7.80. The fraction of sp³-hybridized carbons (Fsp3) is 0.875. The van der Waals surface area contributed by atoms with Gasteiger partial charge in [0.15, 0.2) is 5.11 Å². The molecule has 0 bridgehead atoms. The molecule has 0 spiro atoms. The predicted molar refractivity (Wildman–Crippen MR) is 49.7 cm³/mol. The summed E-state index contributed by atoms with van der Waals surface area (Å²) in [5, 5.41) is 6.34. The second-order valence-corrected chi connectivity index (χ2v) is 4.19. The van der Waals surface area contributed by atoms with Gasteiger partial charge in [-0.25, -0.2) is 8.78 Å². The van der Waals surface area contributed by atoms with E-state index in [2.05, 4.69) is 10.6 Å². The molecule has 2 atom stereocenters. The number of halogens is 2. The highest BCUT2D eigenvalue weighted by Crippen LogP contribution is 2.63. The molecule has 0 aromatic heterocycles. The highest BCUT2D eigenvalue weighted by Gasteiger charge is 2.71. The molecule has 2 fully saturated rings. The van der Waals surface area contributed by atoms with E-state index in [9.17, 15) is 8.78 Å². The van der Waals surface area contributed by atoms with Crippen LogP contribution in [-0.2, 0) is 0 Å². The summed E-state index contributed by atoms with van der Waals surface area (Å²) in [4.78, 5) is 0. The van der Waals surface area contributed by atoms with Crippen molar-refractivity contribution < 1.29 is 8.78 Å². The zero-order chi connectivity index (χ0) is 9.64. The standard InChI is InChI=1S/C8H12F2N2S/c1-11-7(13)12-4-2-5-6(3-4)8(5,9)10/h4-6H,2-3H2,1H3,(H2,11,12,13). The fourth-order valence-electron chi connectivity index (χ4n) is 2.19. The third kappa shape index (κ3) is 1.39. The van der Waals surface area contributed by atoms with E-state index in [1.807, 2.05) is 0 Å². The second kappa shape index (κ2) is 2.77. The molecule has 2 saturated carbocycles.